The Bertz CT molecular complexity index is 888. The second kappa shape index (κ2) is 7.96. The molecular formula is C22H27F3N4O. The largest absolute Gasteiger partial charge is 0.410 e. The van der Waals surface area contributed by atoms with Crippen LogP contribution in [-0.2, 0) is 4.79 Å². The Hall–Kier alpha value is -2.51. The number of alkyl halides is 3. The first-order valence-electron chi connectivity index (χ1n) is 10.5. The highest BCUT2D eigenvalue weighted by Gasteiger charge is 2.45. The van der Waals surface area contributed by atoms with Crippen molar-refractivity contribution < 1.29 is 18.0 Å². The van der Waals surface area contributed by atoms with E-state index >= 15 is 0 Å². The SMILES string of the molecule is C[C@@H]1C[C@H](C(F)(F)F)n2nc(C3CCN(C(=O)[C@@H](C)c4ccccc4)CC3)cc2N1. The number of amides is 1. The van der Waals surface area contributed by atoms with E-state index in [4.69, 9.17) is 0 Å². The lowest BCUT2D eigenvalue weighted by atomic mass is 9.92. The maximum absolute atomic E-state index is 13.5. The van der Waals surface area contributed by atoms with Crippen molar-refractivity contribution in [3.05, 3.63) is 47.7 Å². The van der Waals surface area contributed by atoms with Gasteiger partial charge in [-0.2, -0.15) is 18.3 Å². The summed E-state index contributed by atoms with van der Waals surface area (Å²) in [6.07, 6.45) is -2.94. The second-order valence-electron chi connectivity index (χ2n) is 8.47. The van der Waals surface area contributed by atoms with E-state index < -0.39 is 12.2 Å². The Kier molecular flexibility index (Phi) is 5.51. The van der Waals surface area contributed by atoms with E-state index in [0.717, 1.165) is 10.2 Å². The minimum Gasteiger partial charge on any atom is -0.368 e. The summed E-state index contributed by atoms with van der Waals surface area (Å²) in [6, 6.07) is 9.59. The molecule has 162 valence electrons. The molecule has 0 unspecified atom stereocenters. The van der Waals surface area contributed by atoms with Crippen LogP contribution in [0.15, 0.2) is 36.4 Å². The van der Waals surface area contributed by atoms with Gasteiger partial charge in [0.15, 0.2) is 6.04 Å². The van der Waals surface area contributed by atoms with Crippen LogP contribution in [0.25, 0.3) is 0 Å². The van der Waals surface area contributed by atoms with Gasteiger partial charge in [0.1, 0.15) is 5.82 Å². The molecule has 0 bridgehead atoms. The Morgan fingerprint density at radius 3 is 2.50 bits per heavy atom. The van der Waals surface area contributed by atoms with Gasteiger partial charge in [0.05, 0.1) is 11.6 Å². The molecule has 2 aliphatic heterocycles. The fourth-order valence-corrected chi connectivity index (χ4v) is 4.53. The number of anilines is 1. The standard InChI is InChI=1S/C22H27F3N4O/c1-14-12-19(22(23,24)25)29-20(26-14)13-18(27-29)17-8-10-28(11-9-17)21(30)15(2)16-6-4-3-5-7-16/h3-7,13-15,17,19,26H,8-12H2,1-2H3/t14-,15+,19-/m1/s1. The number of likely N-dealkylation sites (tertiary alicyclic amines) is 1. The van der Waals surface area contributed by atoms with Crippen LogP contribution < -0.4 is 5.32 Å². The smallest absolute Gasteiger partial charge is 0.368 e. The van der Waals surface area contributed by atoms with Gasteiger partial charge in [-0.05, 0) is 38.7 Å². The second-order valence-corrected chi connectivity index (χ2v) is 8.47. The van der Waals surface area contributed by atoms with Gasteiger partial charge < -0.3 is 10.2 Å². The van der Waals surface area contributed by atoms with Gasteiger partial charge in [-0.1, -0.05) is 30.3 Å². The van der Waals surface area contributed by atoms with Crippen LogP contribution in [0.2, 0.25) is 0 Å². The summed E-state index contributed by atoms with van der Waals surface area (Å²) in [6.45, 7) is 4.86. The van der Waals surface area contributed by atoms with E-state index in [1.54, 1.807) is 13.0 Å². The van der Waals surface area contributed by atoms with Crippen LogP contribution in [-0.4, -0.2) is 45.9 Å². The average Bonchev–Trinajstić information content (AvgIpc) is 3.16. The summed E-state index contributed by atoms with van der Waals surface area (Å²) in [7, 11) is 0. The van der Waals surface area contributed by atoms with E-state index in [1.165, 1.54) is 0 Å². The first kappa shape index (κ1) is 20.8. The maximum atomic E-state index is 13.5. The molecule has 1 amide bonds. The van der Waals surface area contributed by atoms with E-state index in [1.807, 2.05) is 42.2 Å². The number of piperidine rings is 1. The zero-order valence-electron chi connectivity index (χ0n) is 17.2. The van der Waals surface area contributed by atoms with Crippen LogP contribution in [0.4, 0.5) is 19.0 Å². The lowest BCUT2D eigenvalue weighted by Gasteiger charge is -2.33. The van der Waals surface area contributed by atoms with Crippen molar-refractivity contribution in [2.24, 2.45) is 0 Å². The molecule has 2 aromatic rings. The molecule has 1 fully saturated rings. The average molecular weight is 420 g/mol. The van der Waals surface area contributed by atoms with Crippen LogP contribution in [0.1, 0.15) is 62.2 Å². The summed E-state index contributed by atoms with van der Waals surface area (Å²) in [5.74, 6) is 0.379. The minimum atomic E-state index is -4.32. The van der Waals surface area contributed by atoms with E-state index in [-0.39, 0.29) is 30.2 Å². The van der Waals surface area contributed by atoms with Crippen molar-refractivity contribution in [3.8, 4) is 0 Å². The molecule has 30 heavy (non-hydrogen) atoms. The quantitative estimate of drug-likeness (QED) is 0.783. The highest BCUT2D eigenvalue weighted by atomic mass is 19.4. The topological polar surface area (TPSA) is 50.2 Å². The molecular weight excluding hydrogens is 393 g/mol. The Labute approximate surface area is 174 Å². The predicted molar refractivity (Wildman–Crippen MR) is 108 cm³/mol. The molecule has 0 aliphatic carbocycles. The monoisotopic (exact) mass is 420 g/mol. The van der Waals surface area contributed by atoms with Crippen molar-refractivity contribution >= 4 is 11.7 Å². The number of halogens is 3. The molecule has 1 saturated heterocycles. The molecule has 3 atom stereocenters. The normalized spacial score (nSPS) is 23.6. The molecule has 1 aromatic heterocycles. The van der Waals surface area contributed by atoms with Crippen LogP contribution >= 0.6 is 0 Å². The van der Waals surface area contributed by atoms with E-state index in [0.29, 0.717) is 37.4 Å². The molecule has 1 N–H and O–H groups in total. The van der Waals surface area contributed by atoms with E-state index in [2.05, 4.69) is 10.4 Å². The third kappa shape index (κ3) is 4.04. The number of aromatic nitrogens is 2. The van der Waals surface area contributed by atoms with Gasteiger partial charge in [0.25, 0.3) is 0 Å². The van der Waals surface area contributed by atoms with Gasteiger partial charge in [0, 0.05) is 31.1 Å². The van der Waals surface area contributed by atoms with Gasteiger partial charge in [0.2, 0.25) is 5.91 Å². The van der Waals surface area contributed by atoms with Gasteiger partial charge >= 0.3 is 6.18 Å². The van der Waals surface area contributed by atoms with Gasteiger partial charge in [-0.25, -0.2) is 4.68 Å². The third-order valence-corrected chi connectivity index (χ3v) is 6.29. The number of hydrogen-bond donors (Lipinski definition) is 1. The van der Waals surface area contributed by atoms with Crippen LogP contribution in [0, 0.1) is 0 Å². The number of nitrogens with zero attached hydrogens (tertiary/aromatic N) is 3. The Morgan fingerprint density at radius 1 is 1.20 bits per heavy atom. The molecule has 0 radical (unpaired) electrons. The molecule has 3 heterocycles. The highest BCUT2D eigenvalue weighted by Crippen LogP contribution is 2.41. The van der Waals surface area contributed by atoms with Crippen molar-refractivity contribution in [3.63, 3.8) is 0 Å². The summed E-state index contributed by atoms with van der Waals surface area (Å²) in [5.41, 5.74) is 1.67. The number of carbonyl (C=O) groups is 1. The van der Waals surface area contributed by atoms with Crippen molar-refractivity contribution in [2.45, 2.75) is 63.2 Å². The lowest BCUT2D eigenvalue weighted by Crippen LogP contribution is -2.40. The number of fused-ring (bicyclic) bond motifs is 1. The van der Waals surface area contributed by atoms with Crippen LogP contribution in [0.3, 0.4) is 0 Å². The molecule has 2 aliphatic rings. The maximum Gasteiger partial charge on any atom is 0.410 e. The molecule has 1 aromatic carbocycles. The van der Waals surface area contributed by atoms with E-state index in [9.17, 15) is 18.0 Å². The number of rotatable bonds is 3. The Balaban J connectivity index is 1.43. The zero-order chi connectivity index (χ0) is 21.5. The fourth-order valence-electron chi connectivity index (χ4n) is 4.53. The molecule has 0 spiro atoms. The van der Waals surface area contributed by atoms with Gasteiger partial charge in [-0.3, -0.25) is 4.79 Å². The number of benzene rings is 1. The highest BCUT2D eigenvalue weighted by molar-refractivity contribution is 5.83. The summed E-state index contributed by atoms with van der Waals surface area (Å²) in [4.78, 5) is 14.7. The predicted octanol–water partition coefficient (Wildman–Crippen LogP) is 4.70. The lowest BCUT2D eigenvalue weighted by molar-refractivity contribution is -0.173. The number of hydrogen-bond acceptors (Lipinski definition) is 3. The number of carbonyl (C=O) groups excluding carboxylic acids is 1. The summed E-state index contributed by atoms with van der Waals surface area (Å²) >= 11 is 0. The molecule has 8 heteroatoms. The molecule has 4 rings (SSSR count). The number of nitrogens with one attached hydrogen (secondary N) is 1. The first-order valence-corrected chi connectivity index (χ1v) is 10.5. The van der Waals surface area contributed by atoms with Crippen molar-refractivity contribution in [1.29, 1.82) is 0 Å². The zero-order valence-corrected chi connectivity index (χ0v) is 17.2. The molecule has 0 saturated carbocycles. The third-order valence-electron chi connectivity index (χ3n) is 6.29. The fraction of sp³-hybridized carbons (Fsp3) is 0.545. The van der Waals surface area contributed by atoms with Crippen molar-refractivity contribution in [1.82, 2.24) is 14.7 Å². The Morgan fingerprint density at radius 2 is 1.87 bits per heavy atom. The molecule has 5 nitrogen and oxygen atoms in total. The van der Waals surface area contributed by atoms with Crippen LogP contribution in [0.5, 0.6) is 0 Å². The minimum absolute atomic E-state index is 0.0259. The first-order chi connectivity index (χ1) is 14.2. The summed E-state index contributed by atoms with van der Waals surface area (Å²) in [5, 5.41) is 7.46. The van der Waals surface area contributed by atoms with Gasteiger partial charge in [-0.15, -0.1) is 0 Å². The van der Waals surface area contributed by atoms with Crippen molar-refractivity contribution in [2.75, 3.05) is 18.4 Å². The summed E-state index contributed by atoms with van der Waals surface area (Å²) < 4.78 is 41.5.